The third-order valence-corrected chi connectivity index (χ3v) is 3.23. The average molecular weight is 238 g/mol. The van der Waals surface area contributed by atoms with Crippen LogP contribution in [0.4, 0.5) is 15.8 Å². The summed E-state index contributed by atoms with van der Waals surface area (Å²) in [5.74, 6) is -0.457. The van der Waals surface area contributed by atoms with Gasteiger partial charge in [0.05, 0.1) is 16.2 Å². The van der Waals surface area contributed by atoms with Gasteiger partial charge in [-0.1, -0.05) is 0 Å². The molecule has 17 heavy (non-hydrogen) atoms. The summed E-state index contributed by atoms with van der Waals surface area (Å²) >= 11 is 0. The molecule has 0 saturated carbocycles. The highest BCUT2D eigenvalue weighted by Gasteiger charge is 2.21. The van der Waals surface area contributed by atoms with Gasteiger partial charge in [0.25, 0.3) is 5.69 Å². The fraction of sp³-hybridized carbons (Fsp3) is 0.500. The molecule has 0 aliphatic carbocycles. The Morgan fingerprint density at radius 3 is 2.53 bits per heavy atom. The molecule has 4 nitrogen and oxygen atoms in total. The smallest absolute Gasteiger partial charge is 0.275 e. The highest BCUT2D eigenvalue weighted by atomic mass is 19.1. The fourth-order valence-electron chi connectivity index (χ4n) is 2.24. The van der Waals surface area contributed by atoms with Gasteiger partial charge < -0.3 is 4.90 Å². The highest BCUT2D eigenvalue weighted by Crippen LogP contribution is 2.30. The lowest BCUT2D eigenvalue weighted by Crippen LogP contribution is -2.30. The lowest BCUT2D eigenvalue weighted by Gasteiger charge is -2.29. The zero-order chi connectivity index (χ0) is 12.4. The van der Waals surface area contributed by atoms with E-state index in [1.54, 1.807) is 0 Å². The largest absolute Gasteiger partial charge is 0.369 e. The first kappa shape index (κ1) is 11.8. The zero-order valence-corrected chi connectivity index (χ0v) is 9.78. The van der Waals surface area contributed by atoms with Crippen LogP contribution >= 0.6 is 0 Å². The molecular weight excluding hydrogens is 223 g/mol. The van der Waals surface area contributed by atoms with Crippen LogP contribution in [0.1, 0.15) is 24.8 Å². The number of piperidine rings is 1. The molecule has 0 amide bonds. The van der Waals surface area contributed by atoms with Crippen molar-refractivity contribution in [1.29, 1.82) is 0 Å². The summed E-state index contributed by atoms with van der Waals surface area (Å²) in [4.78, 5) is 12.1. The lowest BCUT2D eigenvalue weighted by atomic mass is 10.1. The van der Waals surface area contributed by atoms with Crippen molar-refractivity contribution in [3.63, 3.8) is 0 Å². The van der Waals surface area contributed by atoms with Crippen LogP contribution in [0.5, 0.6) is 0 Å². The van der Waals surface area contributed by atoms with Crippen LogP contribution in [0.15, 0.2) is 12.1 Å². The Kier molecular flexibility index (Phi) is 3.26. The van der Waals surface area contributed by atoms with E-state index in [1.807, 2.05) is 4.90 Å². The predicted molar refractivity (Wildman–Crippen MR) is 63.9 cm³/mol. The Morgan fingerprint density at radius 2 is 1.94 bits per heavy atom. The van der Waals surface area contributed by atoms with Crippen molar-refractivity contribution in [2.24, 2.45) is 0 Å². The molecule has 1 aliphatic rings. The summed E-state index contributed by atoms with van der Waals surface area (Å²) in [6.07, 6.45) is 3.27. The molecule has 1 aliphatic heterocycles. The summed E-state index contributed by atoms with van der Waals surface area (Å²) in [6.45, 7) is 3.11. The van der Waals surface area contributed by atoms with Gasteiger partial charge in [-0.3, -0.25) is 10.1 Å². The molecule has 2 rings (SSSR count). The molecule has 1 fully saturated rings. The number of halogens is 1. The molecule has 5 heteroatoms. The molecular formula is C12H15FN2O2. The van der Waals surface area contributed by atoms with Gasteiger partial charge in [-0.2, -0.15) is 0 Å². The number of nitrogens with zero attached hydrogens (tertiary/aromatic N) is 2. The lowest BCUT2D eigenvalue weighted by molar-refractivity contribution is -0.385. The van der Waals surface area contributed by atoms with E-state index in [0.29, 0.717) is 5.69 Å². The number of benzene rings is 1. The second-order valence-corrected chi connectivity index (χ2v) is 4.35. The molecule has 0 spiro atoms. The number of nitro groups is 1. The zero-order valence-electron chi connectivity index (χ0n) is 9.78. The van der Waals surface area contributed by atoms with Crippen LogP contribution in [0, 0.1) is 22.9 Å². The van der Waals surface area contributed by atoms with Gasteiger partial charge in [-0.25, -0.2) is 4.39 Å². The summed E-state index contributed by atoms with van der Waals surface area (Å²) < 4.78 is 14.1. The van der Waals surface area contributed by atoms with Gasteiger partial charge in [0.2, 0.25) is 0 Å². The predicted octanol–water partition coefficient (Wildman–Crippen LogP) is 3.03. The second-order valence-electron chi connectivity index (χ2n) is 4.35. The molecule has 1 saturated heterocycles. The van der Waals surface area contributed by atoms with Crippen molar-refractivity contribution >= 4 is 11.4 Å². The first-order valence-corrected chi connectivity index (χ1v) is 5.79. The Bertz CT molecular complexity index is 442. The highest BCUT2D eigenvalue weighted by molar-refractivity contribution is 5.57. The Labute approximate surface area is 99.2 Å². The van der Waals surface area contributed by atoms with E-state index in [-0.39, 0.29) is 11.3 Å². The third-order valence-electron chi connectivity index (χ3n) is 3.23. The van der Waals surface area contributed by atoms with Crippen LogP contribution in [0.3, 0.4) is 0 Å². The maximum Gasteiger partial charge on any atom is 0.275 e. The van der Waals surface area contributed by atoms with Gasteiger partial charge in [-0.05, 0) is 32.3 Å². The summed E-state index contributed by atoms with van der Waals surface area (Å²) in [6, 6.07) is 2.91. The maximum absolute atomic E-state index is 14.1. The molecule has 0 radical (unpaired) electrons. The van der Waals surface area contributed by atoms with E-state index in [1.165, 1.54) is 25.5 Å². The van der Waals surface area contributed by atoms with E-state index >= 15 is 0 Å². The SMILES string of the molecule is Cc1c([N+](=O)[O-])ccc(N2CCCCC2)c1F. The number of nitro benzene ring substituents is 1. The first-order chi connectivity index (χ1) is 8.11. The molecule has 0 bridgehead atoms. The average Bonchev–Trinajstić information content (AvgIpc) is 2.33. The first-order valence-electron chi connectivity index (χ1n) is 5.79. The minimum Gasteiger partial charge on any atom is -0.369 e. The van der Waals surface area contributed by atoms with E-state index < -0.39 is 10.7 Å². The quantitative estimate of drug-likeness (QED) is 0.587. The summed E-state index contributed by atoms with van der Waals surface area (Å²) in [7, 11) is 0. The van der Waals surface area contributed by atoms with Crippen molar-refractivity contribution in [2.45, 2.75) is 26.2 Å². The van der Waals surface area contributed by atoms with E-state index in [0.717, 1.165) is 25.9 Å². The molecule has 0 N–H and O–H groups in total. The van der Waals surface area contributed by atoms with E-state index in [4.69, 9.17) is 0 Å². The molecule has 1 heterocycles. The minimum atomic E-state index is -0.543. The Hall–Kier alpha value is -1.65. The number of hydrogen-bond donors (Lipinski definition) is 0. The number of rotatable bonds is 2. The molecule has 92 valence electrons. The number of anilines is 1. The van der Waals surface area contributed by atoms with Gasteiger partial charge in [0, 0.05) is 19.2 Å². The summed E-state index contributed by atoms with van der Waals surface area (Å²) in [5.41, 5.74) is 0.467. The Morgan fingerprint density at radius 1 is 1.29 bits per heavy atom. The second kappa shape index (κ2) is 4.69. The molecule has 0 unspecified atom stereocenters. The molecule has 1 aromatic carbocycles. The minimum absolute atomic E-state index is 0.123. The van der Waals surface area contributed by atoms with Crippen LogP contribution in [0.25, 0.3) is 0 Å². The summed E-state index contributed by atoms with van der Waals surface area (Å²) in [5, 5.41) is 10.7. The standard InChI is InChI=1S/C12H15FN2O2/c1-9-10(15(16)17)5-6-11(12(9)13)14-7-3-2-4-8-14/h5-6H,2-4,7-8H2,1H3. The Balaban J connectivity index is 2.36. The van der Waals surface area contributed by atoms with Crippen molar-refractivity contribution in [1.82, 2.24) is 0 Å². The van der Waals surface area contributed by atoms with Crippen LogP contribution < -0.4 is 4.90 Å². The van der Waals surface area contributed by atoms with Crippen molar-refractivity contribution in [3.8, 4) is 0 Å². The monoisotopic (exact) mass is 238 g/mol. The van der Waals surface area contributed by atoms with Crippen LogP contribution in [-0.2, 0) is 0 Å². The van der Waals surface area contributed by atoms with E-state index in [2.05, 4.69) is 0 Å². The maximum atomic E-state index is 14.1. The normalized spacial score (nSPS) is 16.0. The van der Waals surface area contributed by atoms with Gasteiger partial charge in [0.1, 0.15) is 0 Å². The number of hydrogen-bond acceptors (Lipinski definition) is 3. The van der Waals surface area contributed by atoms with Crippen molar-refractivity contribution in [3.05, 3.63) is 33.6 Å². The molecule has 1 aromatic rings. The van der Waals surface area contributed by atoms with Gasteiger partial charge >= 0.3 is 0 Å². The van der Waals surface area contributed by atoms with Crippen molar-refractivity contribution < 1.29 is 9.31 Å². The van der Waals surface area contributed by atoms with Crippen LogP contribution in [-0.4, -0.2) is 18.0 Å². The topological polar surface area (TPSA) is 46.4 Å². The van der Waals surface area contributed by atoms with Crippen LogP contribution in [0.2, 0.25) is 0 Å². The van der Waals surface area contributed by atoms with Crippen molar-refractivity contribution in [2.75, 3.05) is 18.0 Å². The van der Waals surface area contributed by atoms with Gasteiger partial charge in [-0.15, -0.1) is 0 Å². The van der Waals surface area contributed by atoms with E-state index in [9.17, 15) is 14.5 Å². The van der Waals surface area contributed by atoms with Gasteiger partial charge in [0.15, 0.2) is 5.82 Å². The molecule has 0 atom stereocenters. The third kappa shape index (κ3) is 2.23. The molecule has 0 aromatic heterocycles. The fourth-order valence-corrected chi connectivity index (χ4v) is 2.24.